The molecule has 1 aromatic rings. The zero-order chi connectivity index (χ0) is 13.9. The van der Waals surface area contributed by atoms with Crippen LogP contribution in [0.25, 0.3) is 0 Å². The largest absolute Gasteiger partial charge is 0.469 e. The Hall–Kier alpha value is -1.44. The summed E-state index contributed by atoms with van der Waals surface area (Å²) in [5.74, 6) is 7.37. The fourth-order valence-corrected chi connectivity index (χ4v) is 2.35. The highest BCUT2D eigenvalue weighted by Crippen LogP contribution is 2.16. The third-order valence-corrected chi connectivity index (χ3v) is 3.42. The Morgan fingerprint density at radius 2 is 2.21 bits per heavy atom. The first-order valence-electron chi connectivity index (χ1n) is 6.10. The van der Waals surface area contributed by atoms with Crippen LogP contribution in [0.4, 0.5) is 0 Å². The monoisotopic (exact) mass is 278 g/mol. The smallest absolute Gasteiger partial charge is 0.306 e. The van der Waals surface area contributed by atoms with Gasteiger partial charge in [0.15, 0.2) is 0 Å². The van der Waals surface area contributed by atoms with Gasteiger partial charge < -0.3 is 9.84 Å². The molecule has 4 heteroatoms. The van der Waals surface area contributed by atoms with Crippen LogP contribution >= 0.6 is 11.8 Å². The van der Waals surface area contributed by atoms with Gasteiger partial charge in [-0.1, -0.05) is 30.0 Å². The molecule has 0 radical (unpaired) electrons. The first-order valence-corrected chi connectivity index (χ1v) is 7.25. The molecule has 1 N–H and O–H groups in total. The van der Waals surface area contributed by atoms with Crippen molar-refractivity contribution < 1.29 is 14.6 Å². The Bertz CT molecular complexity index is 460. The predicted molar refractivity (Wildman–Crippen MR) is 77.8 cm³/mol. The summed E-state index contributed by atoms with van der Waals surface area (Å²) in [7, 11) is 1.40. The molecule has 0 bridgehead atoms. The van der Waals surface area contributed by atoms with Gasteiger partial charge in [-0.2, -0.15) is 11.8 Å². The van der Waals surface area contributed by atoms with Gasteiger partial charge in [0.1, 0.15) is 0 Å². The van der Waals surface area contributed by atoms with E-state index >= 15 is 0 Å². The topological polar surface area (TPSA) is 46.5 Å². The maximum absolute atomic E-state index is 11.0. The number of esters is 1. The number of carbonyl (C=O) groups excluding carboxylic acids is 1. The molecule has 0 heterocycles. The third kappa shape index (κ3) is 6.32. The maximum Gasteiger partial charge on any atom is 0.306 e. The molecule has 1 rings (SSSR count). The van der Waals surface area contributed by atoms with Gasteiger partial charge in [-0.3, -0.25) is 4.79 Å². The molecule has 0 spiro atoms. The van der Waals surface area contributed by atoms with E-state index in [4.69, 9.17) is 5.11 Å². The van der Waals surface area contributed by atoms with Gasteiger partial charge in [0.25, 0.3) is 0 Å². The number of benzene rings is 1. The number of aliphatic hydroxyl groups excluding tert-OH is 1. The van der Waals surface area contributed by atoms with Gasteiger partial charge in [0.2, 0.25) is 0 Å². The number of aliphatic hydroxyl groups is 1. The van der Waals surface area contributed by atoms with Gasteiger partial charge in [-0.15, -0.1) is 0 Å². The van der Waals surface area contributed by atoms with Crippen molar-refractivity contribution in [3.05, 3.63) is 35.4 Å². The molecule has 0 aliphatic heterocycles. The fourth-order valence-electron chi connectivity index (χ4n) is 1.42. The first-order chi connectivity index (χ1) is 9.27. The number of methoxy groups -OCH3 is 1. The second kappa shape index (κ2) is 9.48. The minimum Gasteiger partial charge on any atom is -0.469 e. The zero-order valence-electron chi connectivity index (χ0n) is 11.0. The van der Waals surface area contributed by atoms with Crippen molar-refractivity contribution in [3.63, 3.8) is 0 Å². The molecule has 0 aliphatic carbocycles. The molecule has 0 saturated heterocycles. The average molecular weight is 278 g/mol. The molecule has 0 aliphatic rings. The van der Waals surface area contributed by atoms with Gasteiger partial charge in [-0.05, 0) is 11.6 Å². The highest BCUT2D eigenvalue weighted by Gasteiger charge is 2.02. The molecule has 0 amide bonds. The summed E-state index contributed by atoms with van der Waals surface area (Å²) in [6.07, 6.45) is 0.920. The Kier molecular flexibility index (Phi) is 7.80. The van der Waals surface area contributed by atoms with Crippen LogP contribution in [0.15, 0.2) is 24.3 Å². The van der Waals surface area contributed by atoms with Gasteiger partial charge in [0.05, 0.1) is 20.1 Å². The highest BCUT2D eigenvalue weighted by molar-refractivity contribution is 7.98. The van der Waals surface area contributed by atoms with Crippen molar-refractivity contribution in [1.82, 2.24) is 0 Å². The molecule has 3 nitrogen and oxygen atoms in total. The average Bonchev–Trinajstić information content (AvgIpc) is 2.45. The lowest BCUT2D eigenvalue weighted by molar-refractivity contribution is -0.140. The van der Waals surface area contributed by atoms with Crippen LogP contribution in [0.2, 0.25) is 0 Å². The fraction of sp³-hybridized carbons (Fsp3) is 0.400. The Morgan fingerprint density at radius 1 is 1.42 bits per heavy atom. The summed E-state index contributed by atoms with van der Waals surface area (Å²) in [5.41, 5.74) is 2.14. The standard InChI is InChI=1S/C15H18O3S/c1-18-15(17)9-11-19-12-14-8-3-2-6-13(14)7-4-5-10-16/h2-3,6,8,16H,5,9-12H2,1H3. The number of rotatable bonds is 6. The van der Waals surface area contributed by atoms with E-state index in [-0.39, 0.29) is 12.6 Å². The van der Waals surface area contributed by atoms with E-state index in [1.807, 2.05) is 24.3 Å². The van der Waals surface area contributed by atoms with E-state index in [2.05, 4.69) is 16.6 Å². The van der Waals surface area contributed by atoms with Crippen molar-refractivity contribution in [1.29, 1.82) is 0 Å². The highest BCUT2D eigenvalue weighted by atomic mass is 32.2. The summed E-state index contributed by atoms with van der Waals surface area (Å²) < 4.78 is 4.59. The lowest BCUT2D eigenvalue weighted by Gasteiger charge is -2.04. The number of hydrogen-bond acceptors (Lipinski definition) is 4. The van der Waals surface area contributed by atoms with E-state index in [1.54, 1.807) is 11.8 Å². The van der Waals surface area contributed by atoms with E-state index in [9.17, 15) is 4.79 Å². The summed E-state index contributed by atoms with van der Waals surface area (Å²) in [6, 6.07) is 7.94. The molecular weight excluding hydrogens is 260 g/mol. The Morgan fingerprint density at radius 3 is 2.95 bits per heavy atom. The zero-order valence-corrected chi connectivity index (χ0v) is 11.8. The van der Waals surface area contributed by atoms with Crippen LogP contribution in [0.5, 0.6) is 0 Å². The van der Waals surface area contributed by atoms with Crippen LogP contribution < -0.4 is 0 Å². The lowest BCUT2D eigenvalue weighted by atomic mass is 10.1. The van der Waals surface area contributed by atoms with Gasteiger partial charge in [0, 0.05) is 23.5 Å². The van der Waals surface area contributed by atoms with Crippen molar-refractivity contribution >= 4 is 17.7 Å². The third-order valence-electron chi connectivity index (χ3n) is 2.41. The molecule has 0 atom stereocenters. The van der Waals surface area contributed by atoms with Crippen molar-refractivity contribution in [2.24, 2.45) is 0 Å². The number of ether oxygens (including phenoxy) is 1. The van der Waals surface area contributed by atoms with Crippen LogP contribution in [0, 0.1) is 11.8 Å². The maximum atomic E-state index is 11.0. The van der Waals surface area contributed by atoms with Crippen molar-refractivity contribution in [2.75, 3.05) is 19.5 Å². The summed E-state index contributed by atoms with van der Waals surface area (Å²) in [6.45, 7) is 0.0864. The normalized spacial score (nSPS) is 9.58. The minimum atomic E-state index is -0.177. The second-order valence-corrected chi connectivity index (χ2v) is 4.92. The molecule has 0 saturated carbocycles. The van der Waals surface area contributed by atoms with Crippen LogP contribution in [-0.2, 0) is 15.3 Å². The van der Waals surface area contributed by atoms with Gasteiger partial charge in [-0.25, -0.2) is 0 Å². The molecule has 102 valence electrons. The molecule has 0 fully saturated rings. The number of thioether (sulfide) groups is 1. The SMILES string of the molecule is COC(=O)CCSCc1ccccc1C#CCCO. The summed E-state index contributed by atoms with van der Waals surface area (Å²) in [4.78, 5) is 11.0. The first kappa shape index (κ1) is 15.6. The molecule has 19 heavy (non-hydrogen) atoms. The van der Waals surface area contributed by atoms with Crippen LogP contribution in [0.3, 0.4) is 0 Å². The van der Waals surface area contributed by atoms with Crippen molar-refractivity contribution in [2.45, 2.75) is 18.6 Å². The molecule has 1 aromatic carbocycles. The number of hydrogen-bond donors (Lipinski definition) is 1. The van der Waals surface area contributed by atoms with E-state index in [0.717, 1.165) is 22.6 Å². The van der Waals surface area contributed by atoms with Crippen LogP contribution in [0.1, 0.15) is 24.0 Å². The molecule has 0 unspecified atom stereocenters. The van der Waals surface area contributed by atoms with E-state index in [1.165, 1.54) is 7.11 Å². The van der Waals surface area contributed by atoms with E-state index in [0.29, 0.717) is 12.8 Å². The Labute approximate surface area is 118 Å². The second-order valence-electron chi connectivity index (χ2n) is 3.81. The van der Waals surface area contributed by atoms with Crippen LogP contribution in [-0.4, -0.2) is 30.5 Å². The summed E-state index contributed by atoms with van der Waals surface area (Å²) in [5, 5.41) is 8.71. The molecular formula is C15H18O3S. The Balaban J connectivity index is 2.49. The lowest BCUT2D eigenvalue weighted by Crippen LogP contribution is -2.01. The predicted octanol–water partition coefficient (Wildman–Crippen LogP) is 2.22. The quantitative estimate of drug-likeness (QED) is 0.492. The van der Waals surface area contributed by atoms with Gasteiger partial charge >= 0.3 is 5.97 Å². The summed E-state index contributed by atoms with van der Waals surface area (Å²) >= 11 is 1.69. The molecule has 0 aromatic heterocycles. The van der Waals surface area contributed by atoms with E-state index < -0.39 is 0 Å². The number of carbonyl (C=O) groups is 1. The van der Waals surface area contributed by atoms with Crippen molar-refractivity contribution in [3.8, 4) is 11.8 Å². The minimum absolute atomic E-state index is 0.0864.